The van der Waals surface area contributed by atoms with Gasteiger partial charge in [-0.25, -0.2) is 4.98 Å². The predicted molar refractivity (Wildman–Crippen MR) is 101 cm³/mol. The number of nitrogens with zero attached hydrogens (tertiary/aromatic N) is 1. The molecule has 0 atom stereocenters. The van der Waals surface area contributed by atoms with E-state index in [2.05, 4.69) is 45.6 Å². The molecule has 0 fully saturated rings. The minimum Gasteiger partial charge on any atom is -0.392 e. The third-order valence-electron chi connectivity index (χ3n) is 4.30. The lowest BCUT2D eigenvalue weighted by molar-refractivity contribution is 0.282. The lowest BCUT2D eigenvalue weighted by Gasteiger charge is -2.10. The molecule has 4 rings (SSSR count). The van der Waals surface area contributed by atoms with Crippen molar-refractivity contribution in [3.05, 3.63) is 84.2 Å². The number of hydrogen-bond donors (Lipinski definition) is 3. The smallest absolute Gasteiger partial charge is 0.137 e. The summed E-state index contributed by atoms with van der Waals surface area (Å²) in [5, 5.41) is 13.8. The van der Waals surface area contributed by atoms with Gasteiger partial charge < -0.3 is 15.4 Å². The van der Waals surface area contributed by atoms with Crippen LogP contribution in [0.3, 0.4) is 0 Å². The number of aliphatic hydroxyl groups is 1. The summed E-state index contributed by atoms with van der Waals surface area (Å²) in [4.78, 5) is 7.51. The fraction of sp³-hybridized carbons (Fsp3) is 0.0952. The Balaban J connectivity index is 1.58. The fourth-order valence-corrected chi connectivity index (χ4v) is 3.05. The molecule has 25 heavy (non-hydrogen) atoms. The second-order valence-corrected chi connectivity index (χ2v) is 6.01. The molecule has 0 aliphatic rings. The Labute approximate surface area is 146 Å². The first-order chi connectivity index (χ1) is 12.3. The zero-order valence-electron chi connectivity index (χ0n) is 13.7. The van der Waals surface area contributed by atoms with Crippen LogP contribution in [0.1, 0.15) is 11.1 Å². The third kappa shape index (κ3) is 3.25. The Bertz CT molecular complexity index is 1010. The van der Waals surface area contributed by atoms with Crippen molar-refractivity contribution in [1.82, 2.24) is 9.97 Å². The van der Waals surface area contributed by atoms with Crippen LogP contribution in [0.25, 0.3) is 22.2 Å². The van der Waals surface area contributed by atoms with Crippen molar-refractivity contribution in [2.45, 2.75) is 13.2 Å². The van der Waals surface area contributed by atoms with Crippen LogP contribution in [-0.4, -0.2) is 15.1 Å². The molecule has 0 unspecified atom stereocenters. The van der Waals surface area contributed by atoms with Crippen LogP contribution in [0.4, 0.5) is 5.69 Å². The van der Waals surface area contributed by atoms with Gasteiger partial charge in [0.25, 0.3) is 0 Å². The van der Waals surface area contributed by atoms with E-state index in [1.54, 1.807) is 0 Å². The number of pyridine rings is 1. The first kappa shape index (κ1) is 15.4. The number of anilines is 1. The van der Waals surface area contributed by atoms with E-state index in [9.17, 15) is 5.11 Å². The summed E-state index contributed by atoms with van der Waals surface area (Å²) in [7, 11) is 0. The highest BCUT2D eigenvalue weighted by molar-refractivity contribution is 5.92. The van der Waals surface area contributed by atoms with E-state index >= 15 is 0 Å². The maximum absolute atomic E-state index is 9.24. The number of aromatic amines is 1. The number of benzene rings is 2. The van der Waals surface area contributed by atoms with Crippen LogP contribution < -0.4 is 5.32 Å². The molecule has 0 saturated heterocycles. The van der Waals surface area contributed by atoms with Gasteiger partial charge in [-0.1, -0.05) is 30.3 Å². The highest BCUT2D eigenvalue weighted by Crippen LogP contribution is 2.27. The van der Waals surface area contributed by atoms with Crippen LogP contribution in [-0.2, 0) is 13.2 Å². The van der Waals surface area contributed by atoms with E-state index in [4.69, 9.17) is 0 Å². The minimum absolute atomic E-state index is 0.0553. The van der Waals surface area contributed by atoms with Crippen LogP contribution in [0.2, 0.25) is 0 Å². The Morgan fingerprint density at radius 2 is 1.84 bits per heavy atom. The number of aliphatic hydroxyl groups excluding tert-OH is 1. The topological polar surface area (TPSA) is 60.9 Å². The normalized spacial score (nSPS) is 10.9. The van der Waals surface area contributed by atoms with Gasteiger partial charge in [-0.05, 0) is 52.6 Å². The van der Waals surface area contributed by atoms with Gasteiger partial charge in [0.1, 0.15) is 5.65 Å². The Hall–Kier alpha value is -3.11. The summed E-state index contributed by atoms with van der Waals surface area (Å²) in [6.45, 7) is 0.782. The molecule has 0 saturated carbocycles. The largest absolute Gasteiger partial charge is 0.392 e. The second-order valence-electron chi connectivity index (χ2n) is 6.01. The van der Waals surface area contributed by atoms with Crippen LogP contribution >= 0.6 is 0 Å². The van der Waals surface area contributed by atoms with Gasteiger partial charge in [0.2, 0.25) is 0 Å². The van der Waals surface area contributed by atoms with Gasteiger partial charge >= 0.3 is 0 Å². The van der Waals surface area contributed by atoms with Crippen molar-refractivity contribution < 1.29 is 5.11 Å². The highest BCUT2D eigenvalue weighted by atomic mass is 16.3. The van der Waals surface area contributed by atoms with E-state index in [1.165, 1.54) is 16.7 Å². The predicted octanol–water partition coefficient (Wildman–Crippen LogP) is 4.33. The van der Waals surface area contributed by atoms with Crippen molar-refractivity contribution in [1.29, 1.82) is 0 Å². The molecular weight excluding hydrogens is 310 g/mol. The quantitative estimate of drug-likeness (QED) is 0.510. The summed E-state index contributed by atoms with van der Waals surface area (Å²) in [5.41, 5.74) is 6.37. The number of rotatable bonds is 5. The number of H-pyrrole nitrogens is 1. The molecule has 0 aliphatic heterocycles. The van der Waals surface area contributed by atoms with E-state index in [1.807, 2.05) is 42.7 Å². The minimum atomic E-state index is 0.0553. The summed E-state index contributed by atoms with van der Waals surface area (Å²) in [5.74, 6) is 0. The van der Waals surface area contributed by atoms with Crippen LogP contribution in [0, 0.1) is 0 Å². The second kappa shape index (κ2) is 6.79. The molecule has 0 radical (unpaired) electrons. The SMILES string of the molecule is OCc1cccc(NCc2cccc(-c3ccnc4[nH]ccc34)c2)c1. The molecule has 0 spiro atoms. The average Bonchev–Trinajstić information content (AvgIpc) is 3.15. The van der Waals surface area contributed by atoms with E-state index in [-0.39, 0.29) is 6.61 Å². The number of hydrogen-bond acceptors (Lipinski definition) is 3. The van der Waals surface area contributed by atoms with Gasteiger partial charge in [0.15, 0.2) is 0 Å². The summed E-state index contributed by atoms with van der Waals surface area (Å²) in [6, 6.07) is 20.5. The lowest BCUT2D eigenvalue weighted by atomic mass is 10.0. The van der Waals surface area contributed by atoms with E-state index in [0.717, 1.165) is 28.8 Å². The van der Waals surface area contributed by atoms with Crippen molar-refractivity contribution >= 4 is 16.7 Å². The molecule has 4 aromatic rings. The van der Waals surface area contributed by atoms with Crippen molar-refractivity contribution in [3.8, 4) is 11.1 Å². The maximum atomic E-state index is 9.24. The van der Waals surface area contributed by atoms with E-state index in [0.29, 0.717) is 0 Å². The zero-order chi connectivity index (χ0) is 17.1. The van der Waals surface area contributed by atoms with Gasteiger partial charge in [-0.3, -0.25) is 0 Å². The molecule has 3 N–H and O–H groups in total. The molecule has 0 amide bonds. The fourth-order valence-electron chi connectivity index (χ4n) is 3.05. The molecule has 2 aromatic carbocycles. The average molecular weight is 329 g/mol. The standard InChI is InChI=1S/C21H19N3O/c25-14-16-4-2-6-18(12-16)24-13-15-3-1-5-17(11-15)19-7-9-22-21-20(19)8-10-23-21/h1-12,24-25H,13-14H2,(H,22,23). The Morgan fingerprint density at radius 3 is 2.76 bits per heavy atom. The zero-order valence-corrected chi connectivity index (χ0v) is 13.7. The van der Waals surface area contributed by atoms with Crippen molar-refractivity contribution in [2.75, 3.05) is 5.32 Å². The summed E-state index contributed by atoms with van der Waals surface area (Å²) >= 11 is 0. The van der Waals surface area contributed by atoms with Crippen molar-refractivity contribution in [2.24, 2.45) is 0 Å². The molecule has 2 aromatic heterocycles. The maximum Gasteiger partial charge on any atom is 0.137 e. The molecule has 124 valence electrons. The summed E-state index contributed by atoms with van der Waals surface area (Å²) < 4.78 is 0. The Kier molecular flexibility index (Phi) is 4.19. The highest BCUT2D eigenvalue weighted by Gasteiger charge is 2.06. The first-order valence-corrected chi connectivity index (χ1v) is 8.28. The van der Waals surface area contributed by atoms with E-state index < -0.39 is 0 Å². The van der Waals surface area contributed by atoms with Crippen molar-refractivity contribution in [3.63, 3.8) is 0 Å². The summed E-state index contributed by atoms with van der Waals surface area (Å²) in [6.07, 6.45) is 3.75. The Morgan fingerprint density at radius 1 is 0.960 bits per heavy atom. The molecule has 4 heteroatoms. The number of fused-ring (bicyclic) bond motifs is 1. The molecule has 0 bridgehead atoms. The lowest BCUT2D eigenvalue weighted by Crippen LogP contribution is -2.00. The van der Waals surface area contributed by atoms with Gasteiger partial charge in [-0.15, -0.1) is 0 Å². The monoisotopic (exact) mass is 329 g/mol. The third-order valence-corrected chi connectivity index (χ3v) is 4.30. The van der Waals surface area contributed by atoms with Gasteiger partial charge in [0, 0.05) is 30.0 Å². The van der Waals surface area contributed by atoms with Gasteiger partial charge in [0.05, 0.1) is 6.61 Å². The van der Waals surface area contributed by atoms with Crippen LogP contribution in [0.5, 0.6) is 0 Å². The molecule has 2 heterocycles. The van der Waals surface area contributed by atoms with Gasteiger partial charge in [-0.2, -0.15) is 0 Å². The molecular formula is C21H19N3O. The first-order valence-electron chi connectivity index (χ1n) is 8.28. The number of aromatic nitrogens is 2. The van der Waals surface area contributed by atoms with Crippen LogP contribution in [0.15, 0.2) is 73.1 Å². The number of nitrogens with one attached hydrogen (secondary N) is 2. The molecule has 0 aliphatic carbocycles. The molecule has 4 nitrogen and oxygen atoms in total.